The minimum atomic E-state index is -0.532. The molecule has 0 aliphatic carbocycles. The van der Waals surface area contributed by atoms with Gasteiger partial charge in [-0.15, -0.1) is 0 Å². The van der Waals surface area contributed by atoms with Crippen LogP contribution in [0.4, 0.5) is 0 Å². The number of nitrogens with zero attached hydrogens (tertiary/aromatic N) is 3. The van der Waals surface area contributed by atoms with Crippen LogP contribution in [0, 0.1) is 12.8 Å². The molecule has 7 heteroatoms. The van der Waals surface area contributed by atoms with Gasteiger partial charge in [0.25, 0.3) is 0 Å². The fraction of sp³-hybridized carbons (Fsp3) is 0.500. The van der Waals surface area contributed by atoms with E-state index in [0.717, 1.165) is 5.69 Å². The Morgan fingerprint density at radius 3 is 2.72 bits per heavy atom. The summed E-state index contributed by atoms with van der Waals surface area (Å²) in [6, 6.07) is 7.26. The van der Waals surface area contributed by atoms with Crippen LogP contribution in [-0.4, -0.2) is 52.2 Å². The number of likely N-dealkylation sites (tertiary alicyclic amines) is 1. The Labute approximate surface area is 170 Å². The number of amides is 1. The summed E-state index contributed by atoms with van der Waals surface area (Å²) < 4.78 is 13.4. The minimum Gasteiger partial charge on any atom is -0.497 e. The van der Waals surface area contributed by atoms with Gasteiger partial charge in [0.15, 0.2) is 5.78 Å². The van der Waals surface area contributed by atoms with Gasteiger partial charge in [0.1, 0.15) is 17.1 Å². The average molecular weight is 397 g/mol. The number of aromatic nitrogens is 2. The van der Waals surface area contributed by atoms with Gasteiger partial charge in [-0.1, -0.05) is 6.92 Å². The lowest BCUT2D eigenvalue weighted by molar-refractivity contribution is -0.139. The molecule has 2 aromatic rings. The molecule has 1 aromatic carbocycles. The molecule has 1 aromatic heterocycles. The highest BCUT2D eigenvalue weighted by Crippen LogP contribution is 2.40. The predicted molar refractivity (Wildman–Crippen MR) is 107 cm³/mol. The molecule has 1 atom stereocenters. The fourth-order valence-electron chi connectivity index (χ4n) is 4.25. The van der Waals surface area contributed by atoms with Crippen LogP contribution in [0.3, 0.4) is 0 Å². The molecule has 2 aliphatic rings. The normalized spacial score (nSPS) is 18.9. The van der Waals surface area contributed by atoms with Crippen molar-refractivity contribution in [2.75, 3.05) is 20.2 Å². The first kappa shape index (κ1) is 19.5. The Kier molecular flexibility index (Phi) is 5.06. The van der Waals surface area contributed by atoms with Crippen molar-refractivity contribution in [2.45, 2.75) is 45.3 Å². The Morgan fingerprint density at radius 1 is 1.31 bits per heavy atom. The highest BCUT2D eigenvalue weighted by molar-refractivity contribution is 6.00. The minimum absolute atomic E-state index is 0.0936. The molecule has 7 nitrogen and oxygen atoms in total. The molecule has 0 radical (unpaired) electrons. The standard InChI is InChI=1S/C22H27N3O4/c1-15(14-25-9-6-16(2)23-25)21(27)24-10-7-22(8-11-24)13-19(26)18-5-4-17(28-3)12-20(18)29-22/h4-6,9,12,15H,7-8,10-11,13-14H2,1-3H3/t15-/m1/s1. The number of methoxy groups -OCH3 is 1. The Morgan fingerprint density at radius 2 is 2.07 bits per heavy atom. The van der Waals surface area contributed by atoms with Crippen LogP contribution in [0.25, 0.3) is 0 Å². The van der Waals surface area contributed by atoms with Crippen molar-refractivity contribution in [1.29, 1.82) is 0 Å². The highest BCUT2D eigenvalue weighted by atomic mass is 16.5. The molecule has 1 saturated heterocycles. The van der Waals surface area contributed by atoms with E-state index in [1.807, 2.05) is 35.7 Å². The lowest BCUT2D eigenvalue weighted by Crippen LogP contribution is -2.53. The molecule has 4 rings (SSSR count). The average Bonchev–Trinajstić information content (AvgIpc) is 3.12. The second-order valence-electron chi connectivity index (χ2n) is 8.15. The van der Waals surface area contributed by atoms with Gasteiger partial charge in [-0.3, -0.25) is 14.3 Å². The van der Waals surface area contributed by atoms with E-state index in [1.165, 1.54) is 0 Å². The molecule has 29 heavy (non-hydrogen) atoms. The zero-order valence-corrected chi connectivity index (χ0v) is 17.2. The van der Waals surface area contributed by atoms with Crippen LogP contribution in [0.5, 0.6) is 11.5 Å². The van der Waals surface area contributed by atoms with E-state index in [-0.39, 0.29) is 17.6 Å². The van der Waals surface area contributed by atoms with E-state index < -0.39 is 5.60 Å². The second-order valence-corrected chi connectivity index (χ2v) is 8.15. The number of hydrogen-bond donors (Lipinski definition) is 0. The van der Waals surface area contributed by atoms with Gasteiger partial charge in [0, 0.05) is 38.2 Å². The number of benzene rings is 1. The number of carbonyl (C=O) groups excluding carboxylic acids is 2. The number of hydrogen-bond acceptors (Lipinski definition) is 5. The molecular formula is C22H27N3O4. The monoisotopic (exact) mass is 397 g/mol. The number of rotatable bonds is 4. The van der Waals surface area contributed by atoms with E-state index in [0.29, 0.717) is 56.0 Å². The van der Waals surface area contributed by atoms with Crippen LogP contribution >= 0.6 is 0 Å². The molecule has 2 aliphatic heterocycles. The summed E-state index contributed by atoms with van der Waals surface area (Å²) in [4.78, 5) is 27.5. The first-order chi connectivity index (χ1) is 13.9. The number of piperidine rings is 1. The molecule has 0 unspecified atom stereocenters. The predicted octanol–water partition coefficient (Wildman–Crippen LogP) is 2.86. The largest absolute Gasteiger partial charge is 0.497 e. The highest BCUT2D eigenvalue weighted by Gasteiger charge is 2.44. The fourth-order valence-corrected chi connectivity index (χ4v) is 4.25. The summed E-state index contributed by atoms with van der Waals surface area (Å²) in [6.07, 6.45) is 3.55. The Hall–Kier alpha value is -2.83. The number of ketones is 1. The second kappa shape index (κ2) is 7.54. The maximum absolute atomic E-state index is 12.9. The molecule has 1 amide bonds. The smallest absolute Gasteiger partial charge is 0.227 e. The number of fused-ring (bicyclic) bond motifs is 1. The molecule has 0 N–H and O–H groups in total. The lowest BCUT2D eigenvalue weighted by Gasteiger charge is -2.44. The molecule has 0 bridgehead atoms. The number of carbonyl (C=O) groups is 2. The van der Waals surface area contributed by atoms with Crippen molar-refractivity contribution in [2.24, 2.45) is 5.92 Å². The molecule has 1 spiro atoms. The third kappa shape index (κ3) is 3.86. The van der Waals surface area contributed by atoms with Crippen molar-refractivity contribution in [3.8, 4) is 11.5 Å². The molecule has 1 fully saturated rings. The first-order valence-corrected chi connectivity index (χ1v) is 10.1. The van der Waals surface area contributed by atoms with E-state index in [1.54, 1.807) is 25.3 Å². The summed E-state index contributed by atoms with van der Waals surface area (Å²) >= 11 is 0. The Bertz CT molecular complexity index is 928. The van der Waals surface area contributed by atoms with Gasteiger partial charge in [-0.2, -0.15) is 5.10 Å². The summed E-state index contributed by atoms with van der Waals surface area (Å²) in [5.74, 6) is 1.32. The van der Waals surface area contributed by atoms with Crippen LogP contribution in [0.15, 0.2) is 30.5 Å². The Balaban J connectivity index is 1.40. The van der Waals surface area contributed by atoms with Crippen molar-refractivity contribution in [3.63, 3.8) is 0 Å². The maximum atomic E-state index is 12.9. The third-order valence-electron chi connectivity index (χ3n) is 5.94. The SMILES string of the molecule is COc1ccc2c(c1)OC1(CCN(C(=O)[C@H](C)Cn3ccc(C)n3)CC1)CC2=O. The maximum Gasteiger partial charge on any atom is 0.227 e. The topological polar surface area (TPSA) is 73.7 Å². The molecule has 154 valence electrons. The van der Waals surface area contributed by atoms with Gasteiger partial charge < -0.3 is 14.4 Å². The van der Waals surface area contributed by atoms with Crippen LogP contribution in [0.1, 0.15) is 42.2 Å². The van der Waals surface area contributed by atoms with Gasteiger partial charge in [-0.25, -0.2) is 0 Å². The van der Waals surface area contributed by atoms with Crippen molar-refractivity contribution in [1.82, 2.24) is 14.7 Å². The zero-order valence-electron chi connectivity index (χ0n) is 17.2. The van der Waals surface area contributed by atoms with Gasteiger partial charge in [-0.05, 0) is 25.1 Å². The van der Waals surface area contributed by atoms with Crippen molar-refractivity contribution < 1.29 is 19.1 Å². The van der Waals surface area contributed by atoms with E-state index in [9.17, 15) is 9.59 Å². The van der Waals surface area contributed by atoms with Gasteiger partial charge in [0.05, 0.1) is 37.3 Å². The molecule has 3 heterocycles. The van der Waals surface area contributed by atoms with Crippen LogP contribution in [0.2, 0.25) is 0 Å². The first-order valence-electron chi connectivity index (χ1n) is 10.1. The number of ether oxygens (including phenoxy) is 2. The van der Waals surface area contributed by atoms with Crippen LogP contribution < -0.4 is 9.47 Å². The van der Waals surface area contributed by atoms with Gasteiger partial charge in [0.2, 0.25) is 5.91 Å². The lowest BCUT2D eigenvalue weighted by atomic mass is 9.82. The molecular weight excluding hydrogens is 370 g/mol. The molecule has 0 saturated carbocycles. The number of Topliss-reactive ketones (excluding diaryl/α,β-unsaturated/α-hetero) is 1. The van der Waals surface area contributed by atoms with Crippen molar-refractivity contribution in [3.05, 3.63) is 41.7 Å². The summed E-state index contributed by atoms with van der Waals surface area (Å²) in [6.45, 7) is 5.62. The quantitative estimate of drug-likeness (QED) is 0.793. The van der Waals surface area contributed by atoms with Gasteiger partial charge >= 0.3 is 0 Å². The zero-order chi connectivity index (χ0) is 20.6. The number of aryl methyl sites for hydroxylation is 1. The summed E-state index contributed by atoms with van der Waals surface area (Å²) in [7, 11) is 1.60. The van der Waals surface area contributed by atoms with Crippen LogP contribution in [-0.2, 0) is 11.3 Å². The van der Waals surface area contributed by atoms with E-state index in [2.05, 4.69) is 5.10 Å². The summed E-state index contributed by atoms with van der Waals surface area (Å²) in [5, 5.41) is 4.37. The third-order valence-corrected chi connectivity index (χ3v) is 5.94. The van der Waals surface area contributed by atoms with E-state index in [4.69, 9.17) is 9.47 Å². The van der Waals surface area contributed by atoms with E-state index >= 15 is 0 Å². The summed E-state index contributed by atoms with van der Waals surface area (Å²) in [5.41, 5.74) is 1.02. The van der Waals surface area contributed by atoms with Crippen molar-refractivity contribution >= 4 is 11.7 Å².